The highest BCUT2D eigenvalue weighted by atomic mass is 35.5. The molecular formula is C10H15ClN6S. The predicted molar refractivity (Wildman–Crippen MR) is 71.3 cm³/mol. The third kappa shape index (κ3) is 2.54. The zero-order valence-corrected chi connectivity index (χ0v) is 11.8. The molecule has 2 aromatic rings. The van der Waals surface area contributed by atoms with Crippen molar-refractivity contribution in [1.82, 2.24) is 24.8 Å². The molecule has 0 aromatic carbocycles. The van der Waals surface area contributed by atoms with E-state index in [1.54, 1.807) is 6.20 Å². The van der Waals surface area contributed by atoms with Gasteiger partial charge in [-0.3, -0.25) is 16.0 Å². The molecule has 6 nitrogen and oxygen atoms in total. The summed E-state index contributed by atoms with van der Waals surface area (Å²) < 4.78 is 5.74. The monoisotopic (exact) mass is 286 g/mol. The molecule has 2 rings (SSSR count). The summed E-state index contributed by atoms with van der Waals surface area (Å²) in [6.07, 6.45) is 2.37. The van der Waals surface area contributed by atoms with E-state index < -0.39 is 0 Å². The number of nitrogens with two attached hydrogens (primary N) is 1. The summed E-state index contributed by atoms with van der Waals surface area (Å²) in [7, 11) is 0. The molecule has 0 amide bonds. The standard InChI is InChI=1S/C10H15ClN6S/c1-3-17-8(10(11)6(2)15-17)4-7(14-12)9-5-13-16-18-9/h5,7,14H,3-4,12H2,1-2H3. The molecule has 98 valence electrons. The summed E-state index contributed by atoms with van der Waals surface area (Å²) in [6, 6.07) is -0.0519. The normalized spacial score (nSPS) is 12.9. The van der Waals surface area contributed by atoms with Crippen LogP contribution in [-0.2, 0) is 13.0 Å². The number of aryl methyl sites for hydroxylation is 2. The Labute approximate surface area is 114 Å². The van der Waals surface area contributed by atoms with Crippen molar-refractivity contribution in [3.05, 3.63) is 27.5 Å². The van der Waals surface area contributed by atoms with Crippen LogP contribution in [0.4, 0.5) is 0 Å². The average molecular weight is 287 g/mol. The minimum atomic E-state index is -0.0519. The van der Waals surface area contributed by atoms with E-state index in [0.29, 0.717) is 11.4 Å². The molecule has 8 heteroatoms. The molecule has 0 radical (unpaired) electrons. The Morgan fingerprint density at radius 2 is 2.39 bits per heavy atom. The Balaban J connectivity index is 2.27. The van der Waals surface area contributed by atoms with Gasteiger partial charge in [-0.25, -0.2) is 0 Å². The first-order valence-corrected chi connectivity index (χ1v) is 6.77. The van der Waals surface area contributed by atoms with Gasteiger partial charge < -0.3 is 0 Å². The molecule has 2 heterocycles. The third-order valence-electron chi connectivity index (χ3n) is 2.77. The molecule has 0 bridgehead atoms. The van der Waals surface area contributed by atoms with E-state index >= 15 is 0 Å². The van der Waals surface area contributed by atoms with Gasteiger partial charge in [-0.15, -0.1) is 5.10 Å². The first-order chi connectivity index (χ1) is 8.67. The molecule has 0 fully saturated rings. The Bertz CT molecular complexity index is 509. The van der Waals surface area contributed by atoms with Gasteiger partial charge in [0.25, 0.3) is 0 Å². The number of halogens is 1. The highest BCUT2D eigenvalue weighted by Gasteiger charge is 2.19. The number of nitrogens with one attached hydrogen (secondary N) is 1. The van der Waals surface area contributed by atoms with Gasteiger partial charge in [0.2, 0.25) is 0 Å². The van der Waals surface area contributed by atoms with Crippen molar-refractivity contribution in [3.8, 4) is 0 Å². The quantitative estimate of drug-likeness (QED) is 0.642. The average Bonchev–Trinajstić information content (AvgIpc) is 2.98. The number of aromatic nitrogens is 4. The SMILES string of the molecule is CCn1nc(C)c(Cl)c1CC(NN)c1cnns1. The van der Waals surface area contributed by atoms with Crippen LogP contribution >= 0.6 is 23.1 Å². The number of hydrogen-bond acceptors (Lipinski definition) is 6. The fourth-order valence-electron chi connectivity index (χ4n) is 1.83. The second-order valence-electron chi connectivity index (χ2n) is 3.91. The van der Waals surface area contributed by atoms with Crippen LogP contribution in [0.25, 0.3) is 0 Å². The molecule has 1 unspecified atom stereocenters. The van der Waals surface area contributed by atoms with E-state index in [-0.39, 0.29) is 6.04 Å². The van der Waals surface area contributed by atoms with Gasteiger partial charge in [0.05, 0.1) is 33.5 Å². The number of hydrogen-bond donors (Lipinski definition) is 2. The molecule has 0 aliphatic carbocycles. The first kappa shape index (κ1) is 13.4. The minimum absolute atomic E-state index is 0.0519. The lowest BCUT2D eigenvalue weighted by atomic mass is 10.1. The van der Waals surface area contributed by atoms with Crippen molar-refractivity contribution in [2.75, 3.05) is 0 Å². The third-order valence-corrected chi connectivity index (χ3v) is 4.04. The molecule has 0 aliphatic heterocycles. The van der Waals surface area contributed by atoms with E-state index in [9.17, 15) is 0 Å². The Morgan fingerprint density at radius 1 is 1.61 bits per heavy atom. The van der Waals surface area contributed by atoms with Crippen molar-refractivity contribution >= 4 is 23.1 Å². The van der Waals surface area contributed by atoms with Crippen LogP contribution in [0.3, 0.4) is 0 Å². The van der Waals surface area contributed by atoms with Crippen LogP contribution in [0.1, 0.15) is 29.2 Å². The summed E-state index contributed by atoms with van der Waals surface area (Å²) in [5.74, 6) is 5.59. The van der Waals surface area contributed by atoms with E-state index in [2.05, 4.69) is 20.1 Å². The van der Waals surface area contributed by atoms with Crippen molar-refractivity contribution in [2.24, 2.45) is 5.84 Å². The van der Waals surface area contributed by atoms with Crippen molar-refractivity contribution < 1.29 is 0 Å². The summed E-state index contributed by atoms with van der Waals surface area (Å²) in [5.41, 5.74) is 4.59. The van der Waals surface area contributed by atoms with Crippen LogP contribution < -0.4 is 11.3 Å². The summed E-state index contributed by atoms with van der Waals surface area (Å²) in [5, 5.41) is 8.91. The number of nitrogens with zero attached hydrogens (tertiary/aromatic N) is 4. The Hall–Kier alpha value is -1.02. The minimum Gasteiger partial charge on any atom is -0.271 e. The van der Waals surface area contributed by atoms with Gasteiger partial charge in [0.15, 0.2) is 0 Å². The summed E-state index contributed by atoms with van der Waals surface area (Å²) in [6.45, 7) is 4.71. The molecule has 2 aromatic heterocycles. The molecule has 0 spiro atoms. The smallest absolute Gasteiger partial charge is 0.0847 e. The highest BCUT2D eigenvalue weighted by Crippen LogP contribution is 2.26. The van der Waals surface area contributed by atoms with Crippen LogP contribution in [-0.4, -0.2) is 19.4 Å². The maximum absolute atomic E-state index is 6.28. The van der Waals surface area contributed by atoms with Crippen molar-refractivity contribution in [3.63, 3.8) is 0 Å². The van der Waals surface area contributed by atoms with Gasteiger partial charge in [0, 0.05) is 13.0 Å². The Morgan fingerprint density at radius 3 is 2.94 bits per heavy atom. The molecular weight excluding hydrogens is 272 g/mol. The lowest BCUT2D eigenvalue weighted by Gasteiger charge is -2.14. The van der Waals surface area contributed by atoms with Gasteiger partial charge in [-0.2, -0.15) is 5.10 Å². The predicted octanol–water partition coefficient (Wildman–Crippen LogP) is 1.46. The van der Waals surface area contributed by atoms with Gasteiger partial charge in [0.1, 0.15) is 0 Å². The second kappa shape index (κ2) is 5.75. The van der Waals surface area contributed by atoms with E-state index in [4.69, 9.17) is 17.4 Å². The first-order valence-electron chi connectivity index (χ1n) is 5.62. The molecule has 0 saturated carbocycles. The van der Waals surface area contributed by atoms with Crippen molar-refractivity contribution in [1.29, 1.82) is 0 Å². The lowest BCUT2D eigenvalue weighted by molar-refractivity contribution is 0.522. The zero-order valence-electron chi connectivity index (χ0n) is 10.2. The fourth-order valence-corrected chi connectivity index (χ4v) is 2.60. The Kier molecular flexibility index (Phi) is 4.28. The summed E-state index contributed by atoms with van der Waals surface area (Å²) >= 11 is 7.60. The second-order valence-corrected chi connectivity index (χ2v) is 5.10. The molecule has 0 aliphatic rings. The summed E-state index contributed by atoms with van der Waals surface area (Å²) in [4.78, 5) is 0.982. The topological polar surface area (TPSA) is 81.7 Å². The van der Waals surface area contributed by atoms with Gasteiger partial charge in [-0.05, 0) is 25.4 Å². The van der Waals surface area contributed by atoms with Crippen molar-refractivity contribution in [2.45, 2.75) is 32.9 Å². The zero-order chi connectivity index (χ0) is 13.1. The lowest BCUT2D eigenvalue weighted by Crippen LogP contribution is -2.29. The van der Waals surface area contributed by atoms with Crippen LogP contribution in [0, 0.1) is 6.92 Å². The number of hydrazine groups is 1. The van der Waals surface area contributed by atoms with Crippen LogP contribution in [0.15, 0.2) is 6.20 Å². The maximum atomic E-state index is 6.28. The number of rotatable bonds is 5. The molecule has 0 saturated heterocycles. The van der Waals surface area contributed by atoms with E-state index in [0.717, 1.165) is 22.8 Å². The van der Waals surface area contributed by atoms with Crippen LogP contribution in [0.2, 0.25) is 5.02 Å². The molecule has 1 atom stereocenters. The van der Waals surface area contributed by atoms with Gasteiger partial charge >= 0.3 is 0 Å². The highest BCUT2D eigenvalue weighted by molar-refractivity contribution is 7.05. The molecule has 18 heavy (non-hydrogen) atoms. The molecule has 3 N–H and O–H groups in total. The van der Waals surface area contributed by atoms with Crippen LogP contribution in [0.5, 0.6) is 0 Å². The maximum Gasteiger partial charge on any atom is 0.0847 e. The largest absolute Gasteiger partial charge is 0.271 e. The van der Waals surface area contributed by atoms with E-state index in [1.165, 1.54) is 11.5 Å². The van der Waals surface area contributed by atoms with Gasteiger partial charge in [-0.1, -0.05) is 16.1 Å². The van der Waals surface area contributed by atoms with E-state index in [1.807, 2.05) is 18.5 Å². The fraction of sp³-hybridized carbons (Fsp3) is 0.500.